The first-order valence-corrected chi connectivity index (χ1v) is 5.75. The Bertz CT molecular complexity index is 350. The molecule has 1 unspecified atom stereocenters. The van der Waals surface area contributed by atoms with Crippen LogP contribution in [0.4, 0.5) is 0 Å². The van der Waals surface area contributed by atoms with Crippen molar-refractivity contribution in [2.75, 3.05) is 7.11 Å². The van der Waals surface area contributed by atoms with Crippen LogP contribution >= 0.6 is 0 Å². The average Bonchev–Trinajstić information content (AvgIpc) is 2.28. The van der Waals surface area contributed by atoms with Gasteiger partial charge in [0.25, 0.3) is 0 Å². The van der Waals surface area contributed by atoms with Crippen LogP contribution in [-0.4, -0.2) is 7.11 Å². The molecule has 1 aromatic carbocycles. The standard InChI is InChI=1S/C13H22N2O/c1-5-6-12(15-14)11-7-10(3)13(16-4)8-9(11)2/h7-8,12,15H,5-6,14H2,1-4H3. The van der Waals surface area contributed by atoms with Crippen LogP contribution in [0.5, 0.6) is 5.75 Å². The molecule has 0 saturated heterocycles. The predicted octanol–water partition coefficient (Wildman–Crippen LogP) is 2.62. The zero-order chi connectivity index (χ0) is 12.1. The number of hydrogen-bond acceptors (Lipinski definition) is 3. The van der Waals surface area contributed by atoms with Gasteiger partial charge in [-0.15, -0.1) is 0 Å². The van der Waals surface area contributed by atoms with E-state index in [-0.39, 0.29) is 6.04 Å². The van der Waals surface area contributed by atoms with Gasteiger partial charge in [0.15, 0.2) is 0 Å². The molecule has 0 amide bonds. The number of ether oxygens (including phenoxy) is 1. The molecule has 0 aliphatic rings. The average molecular weight is 222 g/mol. The van der Waals surface area contributed by atoms with E-state index in [1.54, 1.807) is 7.11 Å². The van der Waals surface area contributed by atoms with Crippen LogP contribution < -0.4 is 16.0 Å². The van der Waals surface area contributed by atoms with Crippen molar-refractivity contribution in [3.05, 3.63) is 28.8 Å². The zero-order valence-electron chi connectivity index (χ0n) is 10.6. The van der Waals surface area contributed by atoms with E-state index in [9.17, 15) is 0 Å². The summed E-state index contributed by atoms with van der Waals surface area (Å²) in [4.78, 5) is 0. The molecule has 3 heteroatoms. The van der Waals surface area contributed by atoms with E-state index in [0.717, 1.165) is 24.2 Å². The lowest BCUT2D eigenvalue weighted by Gasteiger charge is -2.19. The van der Waals surface area contributed by atoms with Crippen molar-refractivity contribution < 1.29 is 4.74 Å². The maximum absolute atomic E-state index is 5.60. The summed E-state index contributed by atoms with van der Waals surface area (Å²) in [5, 5.41) is 0. The summed E-state index contributed by atoms with van der Waals surface area (Å²) in [5.74, 6) is 6.54. The quantitative estimate of drug-likeness (QED) is 0.594. The molecule has 0 saturated carbocycles. The van der Waals surface area contributed by atoms with Gasteiger partial charge in [0, 0.05) is 6.04 Å². The molecule has 3 nitrogen and oxygen atoms in total. The van der Waals surface area contributed by atoms with Crippen molar-refractivity contribution in [1.82, 2.24) is 5.43 Å². The maximum atomic E-state index is 5.60. The molecule has 0 aliphatic carbocycles. The van der Waals surface area contributed by atoms with E-state index in [2.05, 4.69) is 38.3 Å². The van der Waals surface area contributed by atoms with Gasteiger partial charge in [0.1, 0.15) is 5.75 Å². The minimum atomic E-state index is 0.231. The van der Waals surface area contributed by atoms with E-state index in [1.165, 1.54) is 11.1 Å². The van der Waals surface area contributed by atoms with Gasteiger partial charge in [0.2, 0.25) is 0 Å². The van der Waals surface area contributed by atoms with Gasteiger partial charge < -0.3 is 4.74 Å². The number of hydrazine groups is 1. The Balaban J connectivity index is 3.08. The summed E-state index contributed by atoms with van der Waals surface area (Å²) in [6.07, 6.45) is 2.16. The third-order valence-corrected chi connectivity index (χ3v) is 2.94. The lowest BCUT2D eigenvalue weighted by atomic mass is 9.96. The molecule has 0 bridgehead atoms. The van der Waals surface area contributed by atoms with Gasteiger partial charge in [-0.1, -0.05) is 19.4 Å². The fourth-order valence-electron chi connectivity index (χ4n) is 2.02. The number of nitrogens with one attached hydrogen (secondary N) is 1. The molecule has 0 radical (unpaired) electrons. The van der Waals surface area contributed by atoms with Crippen molar-refractivity contribution in [2.24, 2.45) is 5.84 Å². The monoisotopic (exact) mass is 222 g/mol. The third kappa shape index (κ3) is 2.74. The van der Waals surface area contributed by atoms with Crippen LogP contribution in [-0.2, 0) is 0 Å². The molecule has 1 aromatic rings. The van der Waals surface area contributed by atoms with Crippen molar-refractivity contribution in [1.29, 1.82) is 0 Å². The minimum Gasteiger partial charge on any atom is -0.496 e. The summed E-state index contributed by atoms with van der Waals surface area (Å²) in [5.41, 5.74) is 6.52. The highest BCUT2D eigenvalue weighted by molar-refractivity contribution is 5.42. The van der Waals surface area contributed by atoms with Crippen LogP contribution in [0, 0.1) is 13.8 Å². The molecule has 0 fully saturated rings. The minimum absolute atomic E-state index is 0.231. The van der Waals surface area contributed by atoms with Gasteiger partial charge in [-0.05, 0) is 43.0 Å². The van der Waals surface area contributed by atoms with E-state index in [0.29, 0.717) is 0 Å². The van der Waals surface area contributed by atoms with Gasteiger partial charge in [-0.25, -0.2) is 0 Å². The normalized spacial score (nSPS) is 12.6. The number of aryl methyl sites for hydroxylation is 2. The number of nitrogens with two attached hydrogens (primary N) is 1. The van der Waals surface area contributed by atoms with Crippen molar-refractivity contribution in [2.45, 2.75) is 39.7 Å². The predicted molar refractivity (Wildman–Crippen MR) is 67.4 cm³/mol. The van der Waals surface area contributed by atoms with Crippen LogP contribution in [0.15, 0.2) is 12.1 Å². The Hall–Kier alpha value is -1.06. The van der Waals surface area contributed by atoms with Gasteiger partial charge in [-0.2, -0.15) is 0 Å². The summed E-state index contributed by atoms with van der Waals surface area (Å²) >= 11 is 0. The van der Waals surface area contributed by atoms with Crippen LogP contribution in [0.3, 0.4) is 0 Å². The molecule has 3 N–H and O–H groups in total. The van der Waals surface area contributed by atoms with Crippen molar-refractivity contribution in [3.8, 4) is 5.75 Å². The molecular weight excluding hydrogens is 200 g/mol. The molecule has 16 heavy (non-hydrogen) atoms. The first-order chi connectivity index (χ1) is 7.63. The Labute approximate surface area is 98.0 Å². The highest BCUT2D eigenvalue weighted by atomic mass is 16.5. The molecular formula is C13H22N2O. The van der Waals surface area contributed by atoms with Gasteiger partial charge in [-0.3, -0.25) is 11.3 Å². The number of hydrogen-bond donors (Lipinski definition) is 2. The number of rotatable bonds is 5. The van der Waals surface area contributed by atoms with E-state index in [4.69, 9.17) is 10.6 Å². The second-order valence-corrected chi connectivity index (χ2v) is 4.19. The fourth-order valence-corrected chi connectivity index (χ4v) is 2.02. The summed E-state index contributed by atoms with van der Waals surface area (Å²) < 4.78 is 5.30. The highest BCUT2D eigenvalue weighted by Gasteiger charge is 2.13. The zero-order valence-corrected chi connectivity index (χ0v) is 10.6. The number of methoxy groups -OCH3 is 1. The molecule has 1 atom stereocenters. The summed E-state index contributed by atoms with van der Waals surface area (Å²) in [6.45, 7) is 6.31. The summed E-state index contributed by atoms with van der Waals surface area (Å²) in [7, 11) is 1.70. The fraction of sp³-hybridized carbons (Fsp3) is 0.538. The first kappa shape index (κ1) is 13.0. The molecule has 0 spiro atoms. The van der Waals surface area contributed by atoms with Crippen LogP contribution in [0.25, 0.3) is 0 Å². The molecule has 1 rings (SSSR count). The summed E-state index contributed by atoms with van der Waals surface area (Å²) in [6, 6.07) is 4.47. The van der Waals surface area contributed by atoms with Gasteiger partial charge >= 0.3 is 0 Å². The van der Waals surface area contributed by atoms with E-state index < -0.39 is 0 Å². The Morgan fingerprint density at radius 2 is 2.00 bits per heavy atom. The van der Waals surface area contributed by atoms with Crippen LogP contribution in [0.1, 0.15) is 42.5 Å². The third-order valence-electron chi connectivity index (χ3n) is 2.94. The first-order valence-electron chi connectivity index (χ1n) is 5.75. The second-order valence-electron chi connectivity index (χ2n) is 4.19. The molecule has 0 aliphatic heterocycles. The van der Waals surface area contributed by atoms with Crippen molar-refractivity contribution >= 4 is 0 Å². The maximum Gasteiger partial charge on any atom is 0.122 e. The second kappa shape index (κ2) is 5.87. The molecule has 90 valence electrons. The van der Waals surface area contributed by atoms with Gasteiger partial charge in [0.05, 0.1) is 7.11 Å². The topological polar surface area (TPSA) is 47.3 Å². The number of benzene rings is 1. The molecule has 0 heterocycles. The smallest absolute Gasteiger partial charge is 0.122 e. The highest BCUT2D eigenvalue weighted by Crippen LogP contribution is 2.28. The lowest BCUT2D eigenvalue weighted by molar-refractivity contribution is 0.410. The van der Waals surface area contributed by atoms with E-state index in [1.807, 2.05) is 0 Å². The van der Waals surface area contributed by atoms with Crippen LogP contribution in [0.2, 0.25) is 0 Å². The Kier molecular flexibility index (Phi) is 4.77. The Morgan fingerprint density at radius 3 is 2.50 bits per heavy atom. The Morgan fingerprint density at radius 1 is 1.31 bits per heavy atom. The largest absolute Gasteiger partial charge is 0.496 e. The lowest BCUT2D eigenvalue weighted by Crippen LogP contribution is -2.28. The van der Waals surface area contributed by atoms with E-state index >= 15 is 0 Å². The molecule has 0 aromatic heterocycles. The SMILES string of the molecule is CCCC(NN)c1cc(C)c(OC)cc1C. The van der Waals surface area contributed by atoms with Crippen molar-refractivity contribution in [3.63, 3.8) is 0 Å².